The minimum Gasteiger partial charge on any atom is -0.481 e. The summed E-state index contributed by atoms with van der Waals surface area (Å²) in [7, 11) is 0. The van der Waals surface area contributed by atoms with E-state index in [1.165, 1.54) is 11.3 Å². The minimum atomic E-state index is -0.796. The largest absolute Gasteiger partial charge is 0.481 e. The molecule has 2 aromatic rings. The highest BCUT2D eigenvalue weighted by Gasteiger charge is 2.04. The van der Waals surface area contributed by atoms with Gasteiger partial charge >= 0.3 is 5.97 Å². The van der Waals surface area contributed by atoms with E-state index in [1.54, 1.807) is 17.5 Å². The zero-order valence-electron chi connectivity index (χ0n) is 8.92. The number of thiazole rings is 2. The topological polar surface area (TPSA) is 75.1 Å². The fourth-order valence-corrected chi connectivity index (χ4v) is 2.53. The maximum Gasteiger partial charge on any atom is 0.303 e. The molecule has 17 heavy (non-hydrogen) atoms. The number of aliphatic carboxylic acids is 1. The molecule has 0 fully saturated rings. The molecule has 2 heterocycles. The first-order valence-corrected chi connectivity index (χ1v) is 6.78. The fraction of sp³-hybridized carbons (Fsp3) is 0.300. The van der Waals surface area contributed by atoms with Crippen LogP contribution in [0, 0.1) is 0 Å². The SMILES string of the molecule is O=C(O)CCc1csc(NCc2nccs2)n1. The molecule has 0 aliphatic heterocycles. The lowest BCUT2D eigenvalue weighted by Gasteiger charge is -1.97. The van der Waals surface area contributed by atoms with E-state index < -0.39 is 5.97 Å². The van der Waals surface area contributed by atoms with Gasteiger partial charge in [-0.3, -0.25) is 4.79 Å². The first kappa shape index (κ1) is 12.0. The predicted octanol–water partition coefficient (Wildman–Crippen LogP) is 2.23. The van der Waals surface area contributed by atoms with Gasteiger partial charge in [0, 0.05) is 23.4 Å². The molecule has 7 heteroatoms. The highest BCUT2D eigenvalue weighted by molar-refractivity contribution is 7.13. The van der Waals surface area contributed by atoms with Crippen LogP contribution in [0.15, 0.2) is 17.0 Å². The standard InChI is InChI=1S/C10H11N3O2S2/c14-9(15)2-1-7-6-17-10(13-7)12-5-8-11-3-4-16-8/h3-4,6H,1-2,5H2,(H,12,13)(H,14,15). The maximum atomic E-state index is 10.4. The first-order chi connectivity index (χ1) is 8.24. The third kappa shape index (κ3) is 3.79. The number of hydrogen-bond donors (Lipinski definition) is 2. The molecule has 0 radical (unpaired) electrons. The molecular formula is C10H11N3O2S2. The van der Waals surface area contributed by atoms with E-state index >= 15 is 0 Å². The molecule has 90 valence electrons. The van der Waals surface area contributed by atoms with Crippen molar-refractivity contribution in [3.8, 4) is 0 Å². The number of aryl methyl sites for hydroxylation is 1. The van der Waals surface area contributed by atoms with Gasteiger partial charge in [0.1, 0.15) is 5.01 Å². The van der Waals surface area contributed by atoms with Crippen molar-refractivity contribution in [1.29, 1.82) is 0 Å². The molecule has 0 aliphatic carbocycles. The minimum absolute atomic E-state index is 0.121. The average Bonchev–Trinajstić information content (AvgIpc) is 2.95. The molecule has 0 spiro atoms. The van der Waals surface area contributed by atoms with Crippen molar-refractivity contribution < 1.29 is 9.90 Å². The molecule has 0 atom stereocenters. The van der Waals surface area contributed by atoms with Crippen LogP contribution < -0.4 is 5.32 Å². The van der Waals surface area contributed by atoms with E-state index in [9.17, 15) is 4.79 Å². The Morgan fingerprint density at radius 2 is 2.35 bits per heavy atom. The number of carboxylic acid groups (broad SMARTS) is 1. The second kappa shape index (κ2) is 5.74. The summed E-state index contributed by atoms with van der Waals surface area (Å²) in [5.41, 5.74) is 0.819. The highest BCUT2D eigenvalue weighted by atomic mass is 32.1. The molecule has 0 unspecified atom stereocenters. The Bertz CT molecular complexity index is 481. The molecule has 0 bridgehead atoms. The maximum absolute atomic E-state index is 10.4. The van der Waals surface area contributed by atoms with Gasteiger partial charge in [-0.25, -0.2) is 9.97 Å². The zero-order chi connectivity index (χ0) is 12.1. The second-order valence-electron chi connectivity index (χ2n) is 3.32. The van der Waals surface area contributed by atoms with Crippen molar-refractivity contribution in [3.05, 3.63) is 27.7 Å². The van der Waals surface area contributed by atoms with E-state index in [-0.39, 0.29) is 6.42 Å². The summed E-state index contributed by atoms with van der Waals surface area (Å²) in [6.45, 7) is 0.656. The summed E-state index contributed by atoms with van der Waals surface area (Å²) in [6.07, 6.45) is 2.36. The van der Waals surface area contributed by atoms with Gasteiger partial charge in [0.05, 0.1) is 18.7 Å². The molecule has 2 aromatic heterocycles. The van der Waals surface area contributed by atoms with Crippen LogP contribution in [0.2, 0.25) is 0 Å². The Balaban J connectivity index is 1.83. The highest BCUT2D eigenvalue weighted by Crippen LogP contribution is 2.17. The van der Waals surface area contributed by atoms with Crippen molar-refractivity contribution in [2.24, 2.45) is 0 Å². The molecule has 0 saturated carbocycles. The van der Waals surface area contributed by atoms with Crippen LogP contribution in [0.5, 0.6) is 0 Å². The van der Waals surface area contributed by atoms with Crippen LogP contribution in [0.1, 0.15) is 17.1 Å². The van der Waals surface area contributed by atoms with Crippen molar-refractivity contribution in [1.82, 2.24) is 9.97 Å². The Kier molecular flexibility index (Phi) is 4.05. The Morgan fingerprint density at radius 3 is 3.06 bits per heavy atom. The number of nitrogens with one attached hydrogen (secondary N) is 1. The molecule has 5 nitrogen and oxygen atoms in total. The molecule has 0 aromatic carbocycles. The summed E-state index contributed by atoms with van der Waals surface area (Å²) in [6, 6.07) is 0. The quantitative estimate of drug-likeness (QED) is 0.841. The normalized spacial score (nSPS) is 10.4. The van der Waals surface area contributed by atoms with Gasteiger partial charge in [-0.15, -0.1) is 22.7 Å². The van der Waals surface area contributed by atoms with Gasteiger partial charge in [0.25, 0.3) is 0 Å². The van der Waals surface area contributed by atoms with Crippen molar-refractivity contribution in [2.45, 2.75) is 19.4 Å². The number of rotatable bonds is 6. The van der Waals surface area contributed by atoms with Gasteiger partial charge in [0.2, 0.25) is 0 Å². The monoisotopic (exact) mass is 269 g/mol. The predicted molar refractivity (Wildman–Crippen MR) is 67.5 cm³/mol. The molecule has 0 saturated heterocycles. The number of aromatic nitrogens is 2. The number of carbonyl (C=O) groups is 1. The third-order valence-electron chi connectivity index (χ3n) is 2.02. The smallest absolute Gasteiger partial charge is 0.303 e. The van der Waals surface area contributed by atoms with Crippen LogP contribution in [0.25, 0.3) is 0 Å². The molecule has 2 rings (SSSR count). The van der Waals surface area contributed by atoms with Gasteiger partial charge in [-0.2, -0.15) is 0 Å². The van der Waals surface area contributed by atoms with Crippen LogP contribution in [0.4, 0.5) is 5.13 Å². The summed E-state index contributed by atoms with van der Waals surface area (Å²) < 4.78 is 0. The van der Waals surface area contributed by atoms with E-state index in [0.717, 1.165) is 15.8 Å². The summed E-state index contributed by atoms with van der Waals surface area (Å²) >= 11 is 3.07. The van der Waals surface area contributed by atoms with Gasteiger partial charge < -0.3 is 10.4 Å². The summed E-state index contributed by atoms with van der Waals surface area (Å²) in [5, 5.41) is 17.3. The van der Waals surface area contributed by atoms with E-state index in [2.05, 4.69) is 15.3 Å². The first-order valence-electron chi connectivity index (χ1n) is 5.02. The summed E-state index contributed by atoms with van der Waals surface area (Å²) in [4.78, 5) is 18.9. The van der Waals surface area contributed by atoms with Gasteiger partial charge in [0.15, 0.2) is 5.13 Å². The second-order valence-corrected chi connectivity index (χ2v) is 5.15. The molecule has 2 N–H and O–H groups in total. The molecule has 0 amide bonds. The van der Waals surface area contributed by atoms with Crippen molar-refractivity contribution in [2.75, 3.05) is 5.32 Å². The number of carboxylic acids is 1. The molecular weight excluding hydrogens is 258 g/mol. The lowest BCUT2D eigenvalue weighted by atomic mass is 10.2. The van der Waals surface area contributed by atoms with Gasteiger partial charge in [-0.05, 0) is 0 Å². The summed E-state index contributed by atoms with van der Waals surface area (Å²) in [5.74, 6) is -0.796. The Morgan fingerprint density at radius 1 is 1.47 bits per heavy atom. The van der Waals surface area contributed by atoms with E-state index in [1.807, 2.05) is 10.8 Å². The fourth-order valence-electron chi connectivity index (χ4n) is 1.23. The lowest BCUT2D eigenvalue weighted by Crippen LogP contribution is -2.00. The van der Waals surface area contributed by atoms with Gasteiger partial charge in [-0.1, -0.05) is 0 Å². The average molecular weight is 269 g/mol. The third-order valence-corrected chi connectivity index (χ3v) is 3.65. The zero-order valence-corrected chi connectivity index (χ0v) is 10.6. The Labute approximate surface area is 106 Å². The molecule has 0 aliphatic rings. The lowest BCUT2D eigenvalue weighted by molar-refractivity contribution is -0.136. The van der Waals surface area contributed by atoms with E-state index in [0.29, 0.717) is 13.0 Å². The van der Waals surface area contributed by atoms with Crippen LogP contribution in [0.3, 0.4) is 0 Å². The number of nitrogens with zero attached hydrogens (tertiary/aromatic N) is 2. The number of hydrogen-bond acceptors (Lipinski definition) is 6. The van der Waals surface area contributed by atoms with E-state index in [4.69, 9.17) is 5.11 Å². The van der Waals surface area contributed by atoms with Crippen LogP contribution in [-0.2, 0) is 17.8 Å². The van der Waals surface area contributed by atoms with Crippen molar-refractivity contribution >= 4 is 33.8 Å². The Hall–Kier alpha value is -1.47. The van der Waals surface area contributed by atoms with Crippen molar-refractivity contribution in [3.63, 3.8) is 0 Å². The van der Waals surface area contributed by atoms with Crippen LogP contribution in [-0.4, -0.2) is 21.0 Å². The van der Waals surface area contributed by atoms with Crippen LogP contribution >= 0.6 is 22.7 Å². The number of anilines is 1.